The van der Waals surface area contributed by atoms with Crippen LogP contribution in [0, 0.1) is 6.92 Å². The van der Waals surface area contributed by atoms with Crippen molar-refractivity contribution in [2.24, 2.45) is 0 Å². The maximum Gasteiger partial charge on any atom is 0.110 e. The van der Waals surface area contributed by atoms with Crippen LogP contribution in [0.3, 0.4) is 0 Å². The lowest BCUT2D eigenvalue weighted by molar-refractivity contribution is 0.0788. The molecule has 2 fully saturated rings. The number of hydrogen-bond acceptors (Lipinski definition) is 4. The van der Waals surface area contributed by atoms with Gasteiger partial charge in [0, 0.05) is 29.2 Å². The molecule has 1 aromatic rings. The van der Waals surface area contributed by atoms with E-state index in [9.17, 15) is 0 Å². The van der Waals surface area contributed by atoms with Crippen LogP contribution in [0.4, 0.5) is 0 Å². The molecule has 2 aliphatic heterocycles. The van der Waals surface area contributed by atoms with Crippen LogP contribution >= 0.6 is 11.3 Å². The van der Waals surface area contributed by atoms with E-state index in [4.69, 9.17) is 0 Å². The molecule has 4 heteroatoms. The first kappa shape index (κ1) is 12.6. The number of fused-ring (bicyclic) bond motifs is 2. The molecule has 100 valence electrons. The van der Waals surface area contributed by atoms with Crippen molar-refractivity contribution < 1.29 is 0 Å². The van der Waals surface area contributed by atoms with Crippen LogP contribution in [0.5, 0.6) is 0 Å². The minimum absolute atomic E-state index is 0.499. The van der Waals surface area contributed by atoms with Gasteiger partial charge in [-0.1, -0.05) is 0 Å². The van der Waals surface area contributed by atoms with Crippen LogP contribution < -0.4 is 5.32 Å². The Balaban J connectivity index is 1.77. The van der Waals surface area contributed by atoms with Crippen molar-refractivity contribution in [3.8, 4) is 0 Å². The van der Waals surface area contributed by atoms with Gasteiger partial charge in [0.05, 0.1) is 6.04 Å². The summed E-state index contributed by atoms with van der Waals surface area (Å²) in [5.41, 5.74) is 0. The van der Waals surface area contributed by atoms with Gasteiger partial charge in [-0.15, -0.1) is 11.3 Å². The van der Waals surface area contributed by atoms with Gasteiger partial charge in [-0.25, -0.2) is 4.98 Å². The Morgan fingerprint density at radius 2 is 2.06 bits per heavy atom. The van der Waals surface area contributed by atoms with E-state index in [0.717, 1.165) is 18.1 Å². The summed E-state index contributed by atoms with van der Waals surface area (Å²) in [6.45, 7) is 4.49. The second-order valence-electron chi connectivity index (χ2n) is 5.77. The number of hydrogen-bond donors (Lipinski definition) is 1. The van der Waals surface area contributed by atoms with E-state index in [1.807, 2.05) is 17.5 Å². The SMILES string of the molecule is CNC1CC2CCC(C1)N2C(C)c1ncc(C)s1. The second kappa shape index (κ2) is 4.91. The van der Waals surface area contributed by atoms with E-state index in [1.165, 1.54) is 35.6 Å². The largest absolute Gasteiger partial charge is 0.317 e. The molecular formula is C14H23N3S. The standard InChI is InChI=1S/C14H23N3S/c1-9-8-16-14(18-9)10(2)17-12-4-5-13(17)7-11(6-12)15-3/h8,10-13,15H,4-7H2,1-3H3. The summed E-state index contributed by atoms with van der Waals surface area (Å²) < 4.78 is 0. The molecule has 0 aromatic carbocycles. The van der Waals surface area contributed by atoms with Crippen molar-refractivity contribution in [2.45, 2.75) is 63.7 Å². The first-order valence-electron chi connectivity index (χ1n) is 7.06. The quantitative estimate of drug-likeness (QED) is 0.911. The van der Waals surface area contributed by atoms with Gasteiger partial charge in [-0.2, -0.15) is 0 Å². The molecule has 1 aromatic heterocycles. The topological polar surface area (TPSA) is 28.2 Å². The third-order valence-electron chi connectivity index (χ3n) is 4.64. The fourth-order valence-electron chi connectivity index (χ4n) is 3.77. The molecule has 0 amide bonds. The van der Waals surface area contributed by atoms with Crippen molar-refractivity contribution in [3.05, 3.63) is 16.1 Å². The lowest BCUT2D eigenvalue weighted by Gasteiger charge is -2.41. The monoisotopic (exact) mass is 265 g/mol. The van der Waals surface area contributed by atoms with Gasteiger partial charge in [0.2, 0.25) is 0 Å². The molecule has 3 rings (SSSR count). The predicted molar refractivity (Wildman–Crippen MR) is 76.0 cm³/mol. The highest BCUT2D eigenvalue weighted by Gasteiger charge is 2.43. The summed E-state index contributed by atoms with van der Waals surface area (Å²) in [6, 6.07) is 2.75. The molecule has 3 nitrogen and oxygen atoms in total. The van der Waals surface area contributed by atoms with E-state index in [0.29, 0.717) is 6.04 Å². The van der Waals surface area contributed by atoms with Gasteiger partial charge >= 0.3 is 0 Å². The number of thiazole rings is 1. The van der Waals surface area contributed by atoms with Crippen molar-refractivity contribution in [2.75, 3.05) is 7.05 Å². The van der Waals surface area contributed by atoms with Crippen molar-refractivity contribution in [3.63, 3.8) is 0 Å². The van der Waals surface area contributed by atoms with E-state index in [-0.39, 0.29) is 0 Å². The van der Waals surface area contributed by atoms with Gasteiger partial charge in [-0.05, 0) is 46.6 Å². The Kier molecular flexibility index (Phi) is 3.43. The van der Waals surface area contributed by atoms with E-state index < -0.39 is 0 Å². The second-order valence-corrected chi connectivity index (χ2v) is 7.04. The van der Waals surface area contributed by atoms with Gasteiger partial charge < -0.3 is 5.32 Å². The molecule has 1 N–H and O–H groups in total. The van der Waals surface area contributed by atoms with Crippen molar-refractivity contribution in [1.29, 1.82) is 0 Å². The maximum atomic E-state index is 4.59. The first-order valence-corrected chi connectivity index (χ1v) is 7.87. The van der Waals surface area contributed by atoms with Gasteiger partial charge in [0.15, 0.2) is 0 Å². The van der Waals surface area contributed by atoms with Gasteiger partial charge in [0.25, 0.3) is 0 Å². The molecule has 0 aliphatic carbocycles. The number of aryl methyl sites for hydroxylation is 1. The van der Waals surface area contributed by atoms with Crippen LogP contribution in [0.25, 0.3) is 0 Å². The number of nitrogens with one attached hydrogen (secondary N) is 1. The molecule has 2 bridgehead atoms. The van der Waals surface area contributed by atoms with Crippen LogP contribution in [-0.4, -0.2) is 35.1 Å². The zero-order valence-corrected chi connectivity index (χ0v) is 12.3. The summed E-state index contributed by atoms with van der Waals surface area (Å²) in [5.74, 6) is 0. The van der Waals surface area contributed by atoms with Crippen LogP contribution in [0.2, 0.25) is 0 Å². The maximum absolute atomic E-state index is 4.59. The van der Waals surface area contributed by atoms with E-state index in [1.54, 1.807) is 0 Å². The fourth-order valence-corrected chi connectivity index (χ4v) is 4.61. The molecular weight excluding hydrogens is 242 g/mol. The molecule has 3 unspecified atom stereocenters. The van der Waals surface area contributed by atoms with Gasteiger partial charge in [0.1, 0.15) is 5.01 Å². The van der Waals surface area contributed by atoms with Crippen LogP contribution in [0.1, 0.15) is 48.5 Å². The molecule has 0 radical (unpaired) electrons. The fraction of sp³-hybridized carbons (Fsp3) is 0.786. The predicted octanol–water partition coefficient (Wildman–Crippen LogP) is 2.73. The third-order valence-corrected chi connectivity index (χ3v) is 5.72. The molecule has 0 saturated carbocycles. The minimum atomic E-state index is 0.499. The summed E-state index contributed by atoms with van der Waals surface area (Å²) in [6.07, 6.45) is 7.37. The number of rotatable bonds is 3. The molecule has 2 aliphatic rings. The van der Waals surface area contributed by atoms with Crippen molar-refractivity contribution in [1.82, 2.24) is 15.2 Å². The Labute approximate surface area is 114 Å². The number of aromatic nitrogens is 1. The Morgan fingerprint density at radius 1 is 1.39 bits per heavy atom. The summed E-state index contributed by atoms with van der Waals surface area (Å²) in [4.78, 5) is 8.66. The Bertz CT molecular complexity index is 403. The molecule has 18 heavy (non-hydrogen) atoms. The average Bonchev–Trinajstić information content (AvgIpc) is 2.90. The molecule has 2 saturated heterocycles. The smallest absolute Gasteiger partial charge is 0.110 e. The van der Waals surface area contributed by atoms with Crippen LogP contribution in [-0.2, 0) is 0 Å². The molecule has 3 heterocycles. The highest BCUT2D eigenvalue weighted by atomic mass is 32.1. The van der Waals surface area contributed by atoms with Crippen molar-refractivity contribution >= 4 is 11.3 Å². The van der Waals surface area contributed by atoms with Crippen LogP contribution in [0.15, 0.2) is 6.20 Å². The molecule has 3 atom stereocenters. The molecule has 0 spiro atoms. The summed E-state index contributed by atoms with van der Waals surface area (Å²) in [5, 5.41) is 4.77. The Hall–Kier alpha value is -0.450. The number of nitrogens with zero attached hydrogens (tertiary/aromatic N) is 2. The van der Waals surface area contributed by atoms with E-state index >= 15 is 0 Å². The Morgan fingerprint density at radius 3 is 2.56 bits per heavy atom. The first-order chi connectivity index (χ1) is 8.69. The number of piperidine rings is 1. The average molecular weight is 265 g/mol. The van der Waals surface area contributed by atoms with E-state index in [2.05, 4.69) is 36.1 Å². The zero-order valence-electron chi connectivity index (χ0n) is 11.5. The summed E-state index contributed by atoms with van der Waals surface area (Å²) in [7, 11) is 2.10. The highest BCUT2D eigenvalue weighted by molar-refractivity contribution is 7.11. The third kappa shape index (κ3) is 2.10. The minimum Gasteiger partial charge on any atom is -0.317 e. The zero-order chi connectivity index (χ0) is 12.7. The lowest BCUT2D eigenvalue weighted by Crippen LogP contribution is -2.49. The highest BCUT2D eigenvalue weighted by Crippen LogP contribution is 2.41. The normalized spacial score (nSPS) is 33.8. The van der Waals surface area contributed by atoms with Gasteiger partial charge in [-0.3, -0.25) is 4.90 Å². The lowest BCUT2D eigenvalue weighted by atomic mass is 9.96. The summed E-state index contributed by atoms with van der Waals surface area (Å²) >= 11 is 1.86.